The van der Waals surface area contributed by atoms with Gasteiger partial charge in [-0.1, -0.05) is 143 Å². The van der Waals surface area contributed by atoms with E-state index in [0.29, 0.717) is 0 Å². The van der Waals surface area contributed by atoms with Crippen molar-refractivity contribution >= 4 is 5.69 Å². The fourth-order valence-corrected chi connectivity index (χ4v) is 6.54. The molecule has 42 heavy (non-hydrogen) atoms. The van der Waals surface area contributed by atoms with Gasteiger partial charge < -0.3 is 17.3 Å². The monoisotopic (exact) mass is 581 g/mol. The van der Waals surface area contributed by atoms with Gasteiger partial charge in [-0.05, 0) is 13.0 Å². The molecule has 0 amide bonds. The number of halogens is 1. The number of rotatable bonds is 14. The molecule has 1 saturated heterocycles. The van der Waals surface area contributed by atoms with Crippen molar-refractivity contribution in [1.29, 1.82) is 0 Å². The van der Waals surface area contributed by atoms with Gasteiger partial charge in [0.1, 0.15) is 0 Å². The number of pyridine rings is 1. The molecule has 0 saturated carbocycles. The second-order valence-electron chi connectivity index (χ2n) is 11.6. The lowest BCUT2D eigenvalue weighted by molar-refractivity contribution is -0.734. The Kier molecular flexibility index (Phi) is 12.5. The molecule has 222 valence electrons. The Morgan fingerprint density at radius 3 is 1.43 bits per heavy atom. The van der Waals surface area contributed by atoms with Gasteiger partial charge in [-0.3, -0.25) is 4.90 Å². The summed E-state index contributed by atoms with van der Waals surface area (Å²) in [5.41, 5.74) is 4.62. The Morgan fingerprint density at radius 1 is 0.548 bits per heavy atom. The summed E-state index contributed by atoms with van der Waals surface area (Å²) >= 11 is 0. The minimum atomic E-state index is -0.461. The van der Waals surface area contributed by atoms with Crippen LogP contribution >= 0.6 is 0 Å². The van der Waals surface area contributed by atoms with Crippen molar-refractivity contribution in [2.24, 2.45) is 0 Å². The predicted molar refractivity (Wildman–Crippen MR) is 173 cm³/mol. The number of benzene rings is 3. The quantitative estimate of drug-likeness (QED) is 0.117. The van der Waals surface area contributed by atoms with Crippen LogP contribution in [0.15, 0.2) is 116 Å². The lowest BCUT2D eigenvalue weighted by Crippen LogP contribution is -3.00. The highest BCUT2D eigenvalue weighted by Gasteiger charge is 2.45. The van der Waals surface area contributed by atoms with Crippen LogP contribution in [-0.2, 0) is 5.54 Å². The summed E-state index contributed by atoms with van der Waals surface area (Å²) in [6.45, 7) is 8.07. The number of aromatic nitrogens is 1. The number of unbranched alkanes of at least 4 members (excludes halogenated alkanes) is 7. The van der Waals surface area contributed by atoms with Gasteiger partial charge in [0.15, 0.2) is 12.4 Å². The Morgan fingerprint density at radius 2 is 0.976 bits per heavy atom. The number of anilines is 1. The van der Waals surface area contributed by atoms with E-state index in [1.807, 2.05) is 0 Å². The van der Waals surface area contributed by atoms with E-state index in [1.165, 1.54) is 80.3 Å². The number of piperazine rings is 1. The number of hydrogen-bond donors (Lipinski definition) is 0. The average molecular weight is 582 g/mol. The fourth-order valence-electron chi connectivity index (χ4n) is 6.54. The van der Waals surface area contributed by atoms with E-state index in [1.54, 1.807) is 0 Å². The molecule has 0 aliphatic carbocycles. The van der Waals surface area contributed by atoms with E-state index in [0.717, 1.165) is 26.2 Å². The van der Waals surface area contributed by atoms with Gasteiger partial charge in [-0.15, -0.1) is 0 Å². The molecule has 3 nitrogen and oxygen atoms in total. The summed E-state index contributed by atoms with van der Waals surface area (Å²) in [7, 11) is 0. The van der Waals surface area contributed by atoms with Crippen molar-refractivity contribution in [3.8, 4) is 0 Å². The highest BCUT2D eigenvalue weighted by molar-refractivity contribution is 5.48. The lowest BCUT2D eigenvalue weighted by atomic mass is 9.76. The summed E-state index contributed by atoms with van der Waals surface area (Å²) in [4.78, 5) is 5.23. The molecule has 2 heterocycles. The van der Waals surface area contributed by atoms with E-state index < -0.39 is 5.54 Å². The smallest absolute Gasteiger partial charge is 0.243 e. The zero-order valence-electron chi connectivity index (χ0n) is 25.4. The molecule has 0 bridgehead atoms. The number of nitrogens with zero attached hydrogens (tertiary/aromatic N) is 3. The van der Waals surface area contributed by atoms with Gasteiger partial charge >= 0.3 is 0 Å². The predicted octanol–water partition coefficient (Wildman–Crippen LogP) is 5.08. The van der Waals surface area contributed by atoms with Crippen LogP contribution in [0, 0.1) is 0 Å². The lowest BCUT2D eigenvalue weighted by Gasteiger charge is -2.36. The molecule has 1 aliphatic rings. The van der Waals surface area contributed by atoms with Crippen LogP contribution in [0.3, 0.4) is 0 Å². The molecule has 0 N–H and O–H groups in total. The van der Waals surface area contributed by atoms with Crippen molar-refractivity contribution in [3.63, 3.8) is 0 Å². The van der Waals surface area contributed by atoms with Gasteiger partial charge in [-0.25, -0.2) is 0 Å². The van der Waals surface area contributed by atoms with Gasteiger partial charge in [-0.2, -0.15) is 4.57 Å². The van der Waals surface area contributed by atoms with Crippen LogP contribution in [0.25, 0.3) is 0 Å². The molecule has 0 radical (unpaired) electrons. The van der Waals surface area contributed by atoms with Gasteiger partial charge in [0, 0.05) is 60.7 Å². The van der Waals surface area contributed by atoms with Gasteiger partial charge in [0.2, 0.25) is 5.54 Å². The summed E-state index contributed by atoms with van der Waals surface area (Å²) in [5.74, 6) is 0. The molecule has 0 spiro atoms. The first-order valence-electron chi connectivity index (χ1n) is 16.0. The molecule has 1 aliphatic heterocycles. The minimum absolute atomic E-state index is 0. The minimum Gasteiger partial charge on any atom is -1.00 e. The molecule has 5 rings (SSSR count). The summed E-state index contributed by atoms with van der Waals surface area (Å²) in [6, 6.07) is 37.4. The van der Waals surface area contributed by atoms with Crippen molar-refractivity contribution in [2.45, 2.75) is 63.8 Å². The zero-order valence-corrected chi connectivity index (χ0v) is 26.1. The van der Waals surface area contributed by atoms with E-state index in [-0.39, 0.29) is 12.4 Å². The van der Waals surface area contributed by atoms with Crippen LogP contribution in [-0.4, -0.2) is 37.6 Å². The van der Waals surface area contributed by atoms with Crippen LogP contribution < -0.4 is 21.9 Å². The topological polar surface area (TPSA) is 10.4 Å². The molecule has 1 aromatic heterocycles. The maximum Gasteiger partial charge on any atom is 0.243 e. The molecule has 4 heteroatoms. The largest absolute Gasteiger partial charge is 1.00 e. The molecule has 1 fully saturated rings. The van der Waals surface area contributed by atoms with E-state index in [2.05, 4.69) is 137 Å². The first-order chi connectivity index (χ1) is 20.3. The van der Waals surface area contributed by atoms with Crippen LogP contribution in [0.1, 0.15) is 75.0 Å². The normalized spacial score (nSPS) is 14.0. The maximum atomic E-state index is 2.67. The standard InChI is InChI=1S/C38H48N3.ClH/c1-2-3-4-5-6-7-8-18-27-39-30-32-40(33-31-39)37-25-28-41(29-26-37)38(34-19-12-9-13-20-34,35-21-14-10-15-22-35)36-23-16-11-17-24-36;/h9-17,19-26,28-29H,2-8,18,27,30-33H2,1H3;1H/q+1;/p-1. The van der Waals surface area contributed by atoms with Crippen molar-refractivity contribution < 1.29 is 17.0 Å². The highest BCUT2D eigenvalue weighted by atomic mass is 35.5. The Bertz CT molecular complexity index is 1170. The second-order valence-corrected chi connectivity index (χ2v) is 11.6. The first kappa shape index (κ1) is 31.8. The molecular formula is C38H48ClN3. The summed E-state index contributed by atoms with van der Waals surface area (Å²) < 4.78 is 2.40. The van der Waals surface area contributed by atoms with E-state index >= 15 is 0 Å². The van der Waals surface area contributed by atoms with Crippen LogP contribution in [0.4, 0.5) is 5.69 Å². The average Bonchev–Trinajstić information content (AvgIpc) is 3.05. The third-order valence-electron chi connectivity index (χ3n) is 8.84. The summed E-state index contributed by atoms with van der Waals surface area (Å²) in [6.07, 6.45) is 15.7. The van der Waals surface area contributed by atoms with Crippen LogP contribution in [0.2, 0.25) is 0 Å². The number of hydrogen-bond acceptors (Lipinski definition) is 2. The van der Waals surface area contributed by atoms with E-state index in [4.69, 9.17) is 0 Å². The van der Waals surface area contributed by atoms with Crippen molar-refractivity contribution in [3.05, 3.63) is 132 Å². The Labute approximate surface area is 260 Å². The van der Waals surface area contributed by atoms with Crippen molar-refractivity contribution in [1.82, 2.24) is 4.90 Å². The Hall–Kier alpha value is -3.14. The fraction of sp³-hybridized carbons (Fsp3) is 0.395. The molecule has 4 aromatic rings. The van der Waals surface area contributed by atoms with E-state index in [9.17, 15) is 0 Å². The molecule has 0 atom stereocenters. The van der Waals surface area contributed by atoms with Crippen LogP contribution in [0.5, 0.6) is 0 Å². The summed E-state index contributed by atoms with van der Waals surface area (Å²) in [5, 5.41) is 0. The molecular weight excluding hydrogens is 534 g/mol. The zero-order chi connectivity index (χ0) is 28.2. The second kappa shape index (κ2) is 16.5. The third-order valence-corrected chi connectivity index (χ3v) is 8.84. The SMILES string of the molecule is CCCCCCCCCCN1CCN(c2cc[n+](C(c3ccccc3)(c3ccccc3)c3ccccc3)cc2)CC1.[Cl-]. The Balaban J connectivity index is 0.00000405. The maximum absolute atomic E-state index is 2.67. The molecule has 0 unspecified atom stereocenters. The van der Waals surface area contributed by atoms with Crippen molar-refractivity contribution in [2.75, 3.05) is 37.6 Å². The van der Waals surface area contributed by atoms with Gasteiger partial charge in [0.05, 0.1) is 0 Å². The first-order valence-corrected chi connectivity index (χ1v) is 16.0. The van der Waals surface area contributed by atoms with Gasteiger partial charge in [0.25, 0.3) is 0 Å². The highest BCUT2D eigenvalue weighted by Crippen LogP contribution is 2.36. The third kappa shape index (κ3) is 7.62. The molecule has 3 aromatic carbocycles.